The van der Waals surface area contributed by atoms with Gasteiger partial charge in [0, 0.05) is 12.6 Å². The van der Waals surface area contributed by atoms with E-state index in [-0.39, 0.29) is 18.2 Å². The summed E-state index contributed by atoms with van der Waals surface area (Å²) >= 11 is 0. The number of amides is 2. The molecule has 1 aliphatic heterocycles. The fourth-order valence-electron chi connectivity index (χ4n) is 3.02. The van der Waals surface area contributed by atoms with E-state index in [0.717, 1.165) is 31.3 Å². The van der Waals surface area contributed by atoms with E-state index >= 15 is 0 Å². The predicted molar refractivity (Wildman–Crippen MR) is 69.3 cm³/mol. The van der Waals surface area contributed by atoms with Gasteiger partial charge in [-0.25, -0.2) is 4.79 Å². The summed E-state index contributed by atoms with van der Waals surface area (Å²) in [6.07, 6.45) is 7.56. The highest BCUT2D eigenvalue weighted by Crippen LogP contribution is 2.44. The molecule has 3 aliphatic rings. The highest BCUT2D eigenvalue weighted by molar-refractivity contribution is 5.74. The van der Waals surface area contributed by atoms with Gasteiger partial charge in [0.25, 0.3) is 0 Å². The van der Waals surface area contributed by atoms with Crippen LogP contribution in [-0.4, -0.2) is 30.8 Å². The van der Waals surface area contributed by atoms with Gasteiger partial charge in [0.2, 0.25) is 0 Å². The van der Waals surface area contributed by atoms with Crippen molar-refractivity contribution in [2.45, 2.75) is 63.6 Å². The smallest absolute Gasteiger partial charge is 0.315 e. The molecular weight excluding hydrogens is 228 g/mol. The Morgan fingerprint density at radius 1 is 1.11 bits per heavy atom. The van der Waals surface area contributed by atoms with Gasteiger partial charge < -0.3 is 15.4 Å². The van der Waals surface area contributed by atoms with E-state index in [9.17, 15) is 4.79 Å². The van der Waals surface area contributed by atoms with E-state index in [1.807, 2.05) is 6.92 Å². The third kappa shape index (κ3) is 2.97. The number of nitrogens with one attached hydrogen (secondary N) is 2. The average molecular weight is 252 g/mol. The van der Waals surface area contributed by atoms with E-state index in [1.165, 1.54) is 25.7 Å². The molecule has 3 rings (SSSR count). The van der Waals surface area contributed by atoms with Gasteiger partial charge in [0.05, 0.1) is 12.1 Å². The summed E-state index contributed by atoms with van der Waals surface area (Å²) in [7, 11) is 0. The maximum atomic E-state index is 12.0. The molecular formula is C14H24N2O2. The minimum atomic E-state index is 0.00167. The van der Waals surface area contributed by atoms with Gasteiger partial charge in [0.15, 0.2) is 0 Å². The van der Waals surface area contributed by atoms with Gasteiger partial charge in [-0.3, -0.25) is 0 Å². The molecule has 2 saturated carbocycles. The van der Waals surface area contributed by atoms with Crippen LogP contribution in [0.2, 0.25) is 0 Å². The zero-order valence-corrected chi connectivity index (χ0v) is 11.2. The van der Waals surface area contributed by atoms with Crippen molar-refractivity contribution >= 4 is 6.03 Å². The second kappa shape index (κ2) is 5.08. The SMILES string of the molecule is CC(NC(=O)NC(C1CC1)C1CC1)C1CCCO1. The van der Waals surface area contributed by atoms with Crippen LogP contribution in [0.15, 0.2) is 0 Å². The third-order valence-electron chi connectivity index (χ3n) is 4.44. The van der Waals surface area contributed by atoms with Crippen LogP contribution in [0.1, 0.15) is 45.4 Å². The molecule has 0 aromatic heterocycles. The maximum absolute atomic E-state index is 12.0. The lowest BCUT2D eigenvalue weighted by Crippen LogP contribution is -2.50. The average Bonchev–Trinajstić information content (AvgIpc) is 3.26. The van der Waals surface area contributed by atoms with Crippen LogP contribution in [0, 0.1) is 11.8 Å². The van der Waals surface area contributed by atoms with Gasteiger partial charge in [0.1, 0.15) is 0 Å². The highest BCUT2D eigenvalue weighted by atomic mass is 16.5. The summed E-state index contributed by atoms with van der Waals surface area (Å²) in [6, 6.07) is 0.551. The maximum Gasteiger partial charge on any atom is 0.315 e. The van der Waals surface area contributed by atoms with Crippen molar-refractivity contribution in [1.82, 2.24) is 10.6 Å². The first-order valence-electron chi connectivity index (χ1n) is 7.42. The monoisotopic (exact) mass is 252 g/mol. The minimum absolute atomic E-state index is 0.00167. The molecule has 4 heteroatoms. The summed E-state index contributed by atoms with van der Waals surface area (Å²) in [5.74, 6) is 1.50. The van der Waals surface area contributed by atoms with Gasteiger partial charge in [-0.05, 0) is 57.3 Å². The molecule has 0 radical (unpaired) electrons. The molecule has 1 saturated heterocycles. The summed E-state index contributed by atoms with van der Waals surface area (Å²) in [6.45, 7) is 2.88. The molecule has 2 aliphatic carbocycles. The topological polar surface area (TPSA) is 50.4 Å². The number of hydrogen-bond acceptors (Lipinski definition) is 2. The Morgan fingerprint density at radius 2 is 1.78 bits per heavy atom. The van der Waals surface area contributed by atoms with E-state index in [4.69, 9.17) is 4.74 Å². The molecule has 1 heterocycles. The van der Waals surface area contributed by atoms with E-state index in [0.29, 0.717) is 6.04 Å². The molecule has 2 unspecified atom stereocenters. The minimum Gasteiger partial charge on any atom is -0.376 e. The Morgan fingerprint density at radius 3 is 2.28 bits per heavy atom. The van der Waals surface area contributed by atoms with Crippen LogP contribution >= 0.6 is 0 Å². The van der Waals surface area contributed by atoms with Crippen LogP contribution < -0.4 is 10.6 Å². The lowest BCUT2D eigenvalue weighted by Gasteiger charge is -2.23. The summed E-state index contributed by atoms with van der Waals surface area (Å²) in [5.41, 5.74) is 0. The van der Waals surface area contributed by atoms with Crippen LogP contribution in [0.25, 0.3) is 0 Å². The van der Waals surface area contributed by atoms with E-state index < -0.39 is 0 Å². The molecule has 0 bridgehead atoms. The van der Waals surface area contributed by atoms with Crippen LogP contribution in [0.5, 0.6) is 0 Å². The normalized spacial score (nSPS) is 29.3. The Kier molecular flexibility index (Phi) is 3.46. The number of carbonyl (C=O) groups excluding carboxylic acids is 1. The first-order chi connectivity index (χ1) is 8.74. The predicted octanol–water partition coefficient (Wildman–Crippen LogP) is 2.04. The lowest BCUT2D eigenvalue weighted by molar-refractivity contribution is 0.0857. The largest absolute Gasteiger partial charge is 0.376 e. The third-order valence-corrected chi connectivity index (χ3v) is 4.44. The van der Waals surface area contributed by atoms with Crippen LogP contribution in [0.4, 0.5) is 4.79 Å². The Hall–Kier alpha value is -0.770. The Balaban J connectivity index is 1.45. The first-order valence-corrected chi connectivity index (χ1v) is 7.42. The second-order valence-corrected chi connectivity index (χ2v) is 6.16. The number of carbonyl (C=O) groups is 1. The molecule has 0 spiro atoms. The molecule has 3 fully saturated rings. The van der Waals surface area contributed by atoms with Crippen molar-refractivity contribution < 1.29 is 9.53 Å². The van der Waals surface area contributed by atoms with Crippen molar-refractivity contribution in [2.24, 2.45) is 11.8 Å². The summed E-state index contributed by atoms with van der Waals surface area (Å²) in [4.78, 5) is 12.0. The standard InChI is InChI=1S/C14H24N2O2/c1-9(12-3-2-8-18-12)15-14(17)16-13(10-4-5-10)11-6-7-11/h9-13H,2-8H2,1H3,(H2,15,16,17). The molecule has 2 atom stereocenters. The number of rotatable bonds is 5. The molecule has 0 aromatic carbocycles. The van der Waals surface area contributed by atoms with Crippen molar-refractivity contribution in [3.05, 3.63) is 0 Å². The van der Waals surface area contributed by atoms with E-state index in [1.54, 1.807) is 0 Å². The molecule has 2 amide bonds. The Bertz CT molecular complexity index is 295. The fraction of sp³-hybridized carbons (Fsp3) is 0.929. The zero-order valence-electron chi connectivity index (χ0n) is 11.2. The summed E-state index contributed by atoms with van der Waals surface area (Å²) in [5, 5.41) is 6.23. The quantitative estimate of drug-likeness (QED) is 0.786. The zero-order chi connectivity index (χ0) is 12.5. The molecule has 18 heavy (non-hydrogen) atoms. The van der Waals surface area contributed by atoms with Gasteiger partial charge in [-0.2, -0.15) is 0 Å². The van der Waals surface area contributed by atoms with Gasteiger partial charge >= 0.3 is 6.03 Å². The van der Waals surface area contributed by atoms with Gasteiger partial charge in [-0.15, -0.1) is 0 Å². The lowest BCUT2D eigenvalue weighted by atomic mass is 10.1. The van der Waals surface area contributed by atoms with Crippen molar-refractivity contribution in [3.8, 4) is 0 Å². The number of urea groups is 1. The first kappa shape index (κ1) is 12.3. The number of ether oxygens (including phenoxy) is 1. The number of hydrogen-bond donors (Lipinski definition) is 2. The van der Waals surface area contributed by atoms with Crippen LogP contribution in [0.3, 0.4) is 0 Å². The van der Waals surface area contributed by atoms with E-state index in [2.05, 4.69) is 10.6 Å². The molecule has 4 nitrogen and oxygen atoms in total. The molecule has 102 valence electrons. The van der Waals surface area contributed by atoms with Crippen molar-refractivity contribution in [1.29, 1.82) is 0 Å². The van der Waals surface area contributed by atoms with Gasteiger partial charge in [-0.1, -0.05) is 0 Å². The summed E-state index contributed by atoms with van der Waals surface area (Å²) < 4.78 is 5.60. The highest BCUT2D eigenvalue weighted by Gasteiger charge is 2.42. The molecule has 2 N–H and O–H groups in total. The fourth-order valence-corrected chi connectivity index (χ4v) is 3.02. The van der Waals surface area contributed by atoms with Crippen LogP contribution in [-0.2, 0) is 4.74 Å². The second-order valence-electron chi connectivity index (χ2n) is 6.16. The van der Waals surface area contributed by atoms with Crippen molar-refractivity contribution in [3.63, 3.8) is 0 Å². The Labute approximate surface area is 109 Å². The van der Waals surface area contributed by atoms with Crippen molar-refractivity contribution in [2.75, 3.05) is 6.61 Å². The molecule has 0 aromatic rings.